The summed E-state index contributed by atoms with van der Waals surface area (Å²) in [7, 11) is 0. The van der Waals surface area contributed by atoms with Crippen molar-refractivity contribution in [1.82, 2.24) is 5.32 Å². The van der Waals surface area contributed by atoms with Gasteiger partial charge in [-0.2, -0.15) is 0 Å². The van der Waals surface area contributed by atoms with Crippen molar-refractivity contribution < 1.29 is 29.3 Å². The lowest BCUT2D eigenvalue weighted by atomic mass is 9.87. The van der Waals surface area contributed by atoms with E-state index in [-0.39, 0.29) is 26.0 Å². The standard InChI is InChI=1S/C30H45NO6/c1-4-5-6-7-8-9-10-11-12-13-14-15-16-17-18-19-20-21-22-27(34)37-25-30(2,3)28(35)29(36)31-24-23-26(32)33/h5-6,8-9,11-12,14-15,17-18,20-21,28,35H,4,7,10,13,16,19,22-25H2,1-3H3,(H,31,36)(H,32,33)/b6-5-,9-8-,12-11-,15-14-,18-17-,21-20-. The fourth-order valence-electron chi connectivity index (χ4n) is 2.85. The predicted molar refractivity (Wildman–Crippen MR) is 149 cm³/mol. The Morgan fingerprint density at radius 3 is 1.65 bits per heavy atom. The van der Waals surface area contributed by atoms with E-state index in [1.807, 2.05) is 12.2 Å². The number of amides is 1. The number of hydrogen-bond acceptors (Lipinski definition) is 5. The molecule has 0 spiro atoms. The Morgan fingerprint density at radius 2 is 1.22 bits per heavy atom. The zero-order chi connectivity index (χ0) is 27.8. The zero-order valence-corrected chi connectivity index (χ0v) is 22.6. The van der Waals surface area contributed by atoms with Crippen LogP contribution in [-0.2, 0) is 19.1 Å². The molecule has 1 unspecified atom stereocenters. The fraction of sp³-hybridized carbons (Fsp3) is 0.500. The van der Waals surface area contributed by atoms with Gasteiger partial charge in [0, 0.05) is 12.0 Å². The highest BCUT2D eigenvalue weighted by Crippen LogP contribution is 2.21. The number of rotatable bonds is 20. The number of carboxylic acid groups (broad SMARTS) is 1. The van der Waals surface area contributed by atoms with Gasteiger partial charge in [-0.15, -0.1) is 0 Å². The van der Waals surface area contributed by atoms with E-state index in [0.717, 1.165) is 32.1 Å². The number of carbonyl (C=O) groups is 3. The summed E-state index contributed by atoms with van der Waals surface area (Å²) < 4.78 is 5.19. The van der Waals surface area contributed by atoms with Gasteiger partial charge in [-0.25, -0.2) is 0 Å². The number of ether oxygens (including phenoxy) is 1. The van der Waals surface area contributed by atoms with Crippen LogP contribution in [0.25, 0.3) is 0 Å². The molecule has 0 heterocycles. The van der Waals surface area contributed by atoms with Crippen molar-refractivity contribution in [3.63, 3.8) is 0 Å². The molecule has 0 aromatic carbocycles. The van der Waals surface area contributed by atoms with Crippen molar-refractivity contribution in [2.45, 2.75) is 78.2 Å². The number of carbonyl (C=O) groups excluding carboxylic acids is 2. The molecule has 0 aliphatic heterocycles. The van der Waals surface area contributed by atoms with Crippen molar-refractivity contribution in [2.24, 2.45) is 5.41 Å². The second kappa shape index (κ2) is 22.0. The molecular weight excluding hydrogens is 470 g/mol. The third kappa shape index (κ3) is 20.7. The van der Waals surface area contributed by atoms with Gasteiger partial charge in [0.05, 0.1) is 19.4 Å². The predicted octanol–water partition coefficient (Wildman–Crippen LogP) is 5.60. The van der Waals surface area contributed by atoms with Crippen LogP contribution in [0.2, 0.25) is 0 Å². The van der Waals surface area contributed by atoms with Gasteiger partial charge in [-0.3, -0.25) is 14.4 Å². The smallest absolute Gasteiger partial charge is 0.309 e. The molecule has 3 N–H and O–H groups in total. The lowest BCUT2D eigenvalue weighted by molar-refractivity contribution is -0.152. The molecule has 0 rings (SSSR count). The maximum atomic E-state index is 11.9. The highest BCUT2D eigenvalue weighted by molar-refractivity contribution is 5.82. The van der Waals surface area contributed by atoms with Gasteiger partial charge in [-0.1, -0.05) is 93.7 Å². The van der Waals surface area contributed by atoms with Crippen LogP contribution in [0.15, 0.2) is 72.9 Å². The van der Waals surface area contributed by atoms with E-state index >= 15 is 0 Å². The summed E-state index contributed by atoms with van der Waals surface area (Å²) in [6.07, 6.45) is 29.0. The van der Waals surface area contributed by atoms with E-state index in [0.29, 0.717) is 6.42 Å². The summed E-state index contributed by atoms with van der Waals surface area (Å²) in [6.45, 7) is 5.11. The third-order valence-corrected chi connectivity index (χ3v) is 5.11. The average molecular weight is 516 g/mol. The van der Waals surface area contributed by atoms with Crippen molar-refractivity contribution in [3.8, 4) is 0 Å². The molecule has 0 radical (unpaired) electrons. The molecule has 0 bridgehead atoms. The van der Waals surface area contributed by atoms with Crippen LogP contribution in [0.1, 0.15) is 72.1 Å². The minimum absolute atomic E-state index is 0.0796. The molecule has 0 aromatic rings. The quantitative estimate of drug-likeness (QED) is 0.144. The van der Waals surface area contributed by atoms with E-state index in [1.54, 1.807) is 19.9 Å². The summed E-state index contributed by atoms with van der Waals surface area (Å²) in [6, 6.07) is 0. The number of aliphatic carboxylic acids is 1. The number of aliphatic hydroxyl groups is 1. The summed E-state index contributed by atoms with van der Waals surface area (Å²) in [4.78, 5) is 34.4. The number of carboxylic acids is 1. The summed E-state index contributed by atoms with van der Waals surface area (Å²) in [5.74, 6) is -2.19. The average Bonchev–Trinajstić information content (AvgIpc) is 2.86. The summed E-state index contributed by atoms with van der Waals surface area (Å²) in [5.41, 5.74) is -1.01. The van der Waals surface area contributed by atoms with Crippen LogP contribution >= 0.6 is 0 Å². The van der Waals surface area contributed by atoms with E-state index in [1.165, 1.54) is 0 Å². The maximum absolute atomic E-state index is 11.9. The van der Waals surface area contributed by atoms with Gasteiger partial charge in [0.2, 0.25) is 5.91 Å². The topological polar surface area (TPSA) is 113 Å². The van der Waals surface area contributed by atoms with Gasteiger partial charge in [0.25, 0.3) is 0 Å². The number of nitrogens with one attached hydrogen (secondary N) is 1. The largest absolute Gasteiger partial charge is 0.481 e. The first kappa shape index (κ1) is 33.8. The van der Waals surface area contributed by atoms with E-state index in [4.69, 9.17) is 9.84 Å². The minimum Gasteiger partial charge on any atom is -0.481 e. The molecule has 0 aliphatic rings. The molecule has 0 aliphatic carbocycles. The SMILES string of the molecule is CC/C=C\C/C=C\C/C=C\C/C=C\C/C=C\C/C=C\CC(=O)OCC(C)(C)C(O)C(=O)NCCC(=O)O. The first-order valence-corrected chi connectivity index (χ1v) is 12.9. The van der Waals surface area contributed by atoms with Gasteiger partial charge >= 0.3 is 11.9 Å². The molecule has 7 nitrogen and oxygen atoms in total. The zero-order valence-electron chi connectivity index (χ0n) is 22.6. The Bertz CT molecular complexity index is 833. The van der Waals surface area contributed by atoms with Crippen molar-refractivity contribution in [2.75, 3.05) is 13.2 Å². The van der Waals surface area contributed by atoms with Crippen LogP contribution in [0, 0.1) is 5.41 Å². The lowest BCUT2D eigenvalue weighted by Gasteiger charge is -2.28. The molecule has 0 saturated heterocycles. The Balaban J connectivity index is 3.99. The molecule has 1 atom stereocenters. The molecule has 37 heavy (non-hydrogen) atoms. The normalized spacial score (nSPS) is 13.6. The monoisotopic (exact) mass is 515 g/mol. The van der Waals surface area contributed by atoms with Crippen LogP contribution in [0.3, 0.4) is 0 Å². The third-order valence-electron chi connectivity index (χ3n) is 5.11. The number of hydrogen-bond donors (Lipinski definition) is 3. The Morgan fingerprint density at radius 1 is 0.784 bits per heavy atom. The highest BCUT2D eigenvalue weighted by atomic mass is 16.5. The van der Waals surface area contributed by atoms with Gasteiger partial charge < -0.3 is 20.3 Å². The van der Waals surface area contributed by atoms with E-state index in [2.05, 4.69) is 66.9 Å². The van der Waals surface area contributed by atoms with Crippen LogP contribution in [0.4, 0.5) is 0 Å². The van der Waals surface area contributed by atoms with Crippen LogP contribution < -0.4 is 5.32 Å². The Hall–Kier alpha value is -3.19. The molecule has 1 amide bonds. The van der Waals surface area contributed by atoms with Crippen molar-refractivity contribution in [1.29, 1.82) is 0 Å². The summed E-state index contributed by atoms with van der Waals surface area (Å²) in [5, 5.41) is 21.1. The molecule has 7 heteroatoms. The van der Waals surface area contributed by atoms with Crippen LogP contribution in [0.5, 0.6) is 0 Å². The summed E-state index contributed by atoms with van der Waals surface area (Å²) >= 11 is 0. The van der Waals surface area contributed by atoms with Crippen LogP contribution in [-0.4, -0.2) is 47.3 Å². The second-order valence-corrected chi connectivity index (χ2v) is 9.11. The van der Waals surface area contributed by atoms with Crippen molar-refractivity contribution >= 4 is 17.8 Å². The Kier molecular flexibility index (Phi) is 20.1. The highest BCUT2D eigenvalue weighted by Gasteiger charge is 2.34. The lowest BCUT2D eigenvalue weighted by Crippen LogP contribution is -2.46. The van der Waals surface area contributed by atoms with Gasteiger partial charge in [0.1, 0.15) is 6.10 Å². The van der Waals surface area contributed by atoms with Gasteiger partial charge in [0.15, 0.2) is 0 Å². The second-order valence-electron chi connectivity index (χ2n) is 9.11. The Labute approximate surface area is 222 Å². The molecule has 0 fully saturated rings. The van der Waals surface area contributed by atoms with E-state index in [9.17, 15) is 19.5 Å². The number of allylic oxidation sites excluding steroid dienone is 11. The molecule has 206 valence electrons. The first-order valence-electron chi connectivity index (χ1n) is 12.9. The molecular formula is C30H45NO6. The number of aliphatic hydroxyl groups excluding tert-OH is 1. The van der Waals surface area contributed by atoms with E-state index < -0.39 is 29.4 Å². The maximum Gasteiger partial charge on any atom is 0.309 e. The van der Waals surface area contributed by atoms with Crippen molar-refractivity contribution in [3.05, 3.63) is 72.9 Å². The first-order chi connectivity index (χ1) is 17.7. The minimum atomic E-state index is -1.43. The molecule has 0 saturated carbocycles. The fourth-order valence-corrected chi connectivity index (χ4v) is 2.85. The van der Waals surface area contributed by atoms with Gasteiger partial charge in [-0.05, 0) is 38.5 Å². The molecule has 0 aromatic heterocycles. The number of esters is 1.